The lowest BCUT2D eigenvalue weighted by Gasteiger charge is -2.22. The van der Waals surface area contributed by atoms with Crippen LogP contribution in [0.25, 0.3) is 0 Å². The summed E-state index contributed by atoms with van der Waals surface area (Å²) in [5.74, 6) is 0.334. The fourth-order valence-corrected chi connectivity index (χ4v) is 2.78. The van der Waals surface area contributed by atoms with Crippen molar-refractivity contribution in [3.63, 3.8) is 0 Å². The van der Waals surface area contributed by atoms with Crippen molar-refractivity contribution in [2.24, 2.45) is 5.92 Å². The summed E-state index contributed by atoms with van der Waals surface area (Å²) in [5, 5.41) is 12.4. The molecule has 2 N–H and O–H groups in total. The third-order valence-corrected chi connectivity index (χ3v) is 3.95. The molecule has 1 aliphatic carbocycles. The lowest BCUT2D eigenvalue weighted by Crippen LogP contribution is -2.39. The van der Waals surface area contributed by atoms with Crippen molar-refractivity contribution in [2.45, 2.75) is 44.4 Å². The molecule has 19 heavy (non-hydrogen) atoms. The van der Waals surface area contributed by atoms with Gasteiger partial charge in [-0.2, -0.15) is 0 Å². The van der Waals surface area contributed by atoms with Crippen molar-refractivity contribution in [3.8, 4) is 0 Å². The zero-order chi connectivity index (χ0) is 13.4. The first-order chi connectivity index (χ1) is 9.15. The number of nitrogens with one attached hydrogen (secondary N) is 1. The lowest BCUT2D eigenvalue weighted by molar-refractivity contribution is 0.0656. The molecule has 5 heteroatoms. The Morgan fingerprint density at radius 1 is 1.42 bits per heavy atom. The molecular formula is C14H19NO4. The monoisotopic (exact) mass is 265 g/mol. The second-order valence-corrected chi connectivity index (χ2v) is 5.46. The molecule has 3 atom stereocenters. The molecule has 2 aliphatic rings. The van der Waals surface area contributed by atoms with Crippen molar-refractivity contribution in [2.75, 3.05) is 6.61 Å². The predicted octanol–water partition coefficient (Wildman–Crippen LogP) is 2.20. The summed E-state index contributed by atoms with van der Waals surface area (Å²) >= 11 is 0. The van der Waals surface area contributed by atoms with Gasteiger partial charge in [-0.3, -0.25) is 0 Å². The average Bonchev–Trinajstić information content (AvgIpc) is 2.93. The Labute approximate surface area is 111 Å². The van der Waals surface area contributed by atoms with Crippen molar-refractivity contribution in [1.82, 2.24) is 5.32 Å². The third-order valence-electron chi connectivity index (χ3n) is 3.95. The SMILES string of the molecule is CC(NC1CCOC1C1CC1)c1ccc(C(=O)O)o1. The van der Waals surface area contributed by atoms with Crippen LogP contribution in [0.1, 0.15) is 48.5 Å². The molecule has 1 aromatic heterocycles. The van der Waals surface area contributed by atoms with Crippen LogP contribution in [-0.2, 0) is 4.74 Å². The Bertz CT molecular complexity index is 466. The number of aromatic carboxylic acids is 1. The summed E-state index contributed by atoms with van der Waals surface area (Å²) in [6.45, 7) is 2.80. The molecule has 3 unspecified atom stereocenters. The molecule has 0 spiro atoms. The van der Waals surface area contributed by atoms with Crippen molar-refractivity contribution in [3.05, 3.63) is 23.7 Å². The minimum atomic E-state index is -1.03. The number of ether oxygens (including phenoxy) is 1. The smallest absolute Gasteiger partial charge is 0.371 e. The minimum absolute atomic E-state index is 0.000972. The molecule has 2 fully saturated rings. The molecule has 1 saturated heterocycles. The van der Waals surface area contributed by atoms with Gasteiger partial charge < -0.3 is 19.6 Å². The number of rotatable bonds is 5. The standard InChI is InChI=1S/C14H19NO4/c1-8(11-4-5-12(19-11)14(16)17)15-10-6-7-18-13(10)9-2-3-9/h4-5,8-10,13,15H,2-3,6-7H2,1H3,(H,16,17). The zero-order valence-electron chi connectivity index (χ0n) is 11.0. The van der Waals surface area contributed by atoms with E-state index < -0.39 is 5.97 Å². The van der Waals surface area contributed by atoms with Gasteiger partial charge >= 0.3 is 5.97 Å². The van der Waals surface area contributed by atoms with E-state index in [1.165, 1.54) is 18.9 Å². The maximum absolute atomic E-state index is 10.8. The van der Waals surface area contributed by atoms with Gasteiger partial charge in [0.25, 0.3) is 0 Å². The zero-order valence-corrected chi connectivity index (χ0v) is 11.0. The molecule has 0 bridgehead atoms. The van der Waals surface area contributed by atoms with Gasteiger partial charge in [0.1, 0.15) is 5.76 Å². The van der Waals surface area contributed by atoms with E-state index in [9.17, 15) is 4.79 Å². The number of carboxylic acid groups (broad SMARTS) is 1. The molecule has 0 amide bonds. The van der Waals surface area contributed by atoms with Crippen LogP contribution in [0, 0.1) is 5.92 Å². The summed E-state index contributed by atoms with van der Waals surface area (Å²) in [5.41, 5.74) is 0. The molecule has 0 aromatic carbocycles. The van der Waals surface area contributed by atoms with E-state index in [-0.39, 0.29) is 11.8 Å². The first kappa shape index (κ1) is 12.7. The lowest BCUT2D eigenvalue weighted by atomic mass is 10.0. The predicted molar refractivity (Wildman–Crippen MR) is 68.1 cm³/mol. The van der Waals surface area contributed by atoms with Gasteiger partial charge in [-0.25, -0.2) is 4.79 Å². The van der Waals surface area contributed by atoms with Crippen molar-refractivity contribution >= 4 is 5.97 Å². The maximum Gasteiger partial charge on any atom is 0.371 e. The second kappa shape index (κ2) is 4.98. The Kier molecular flexibility index (Phi) is 3.33. The molecule has 1 aliphatic heterocycles. The van der Waals surface area contributed by atoms with Gasteiger partial charge in [0.05, 0.1) is 12.1 Å². The number of hydrogen-bond acceptors (Lipinski definition) is 4. The van der Waals surface area contributed by atoms with Crippen LogP contribution in [0.2, 0.25) is 0 Å². The Balaban J connectivity index is 1.63. The van der Waals surface area contributed by atoms with Crippen LogP contribution in [0.5, 0.6) is 0 Å². The Morgan fingerprint density at radius 3 is 2.84 bits per heavy atom. The summed E-state index contributed by atoms with van der Waals surface area (Å²) in [4.78, 5) is 10.8. The van der Waals surface area contributed by atoms with Gasteiger partial charge in [-0.1, -0.05) is 0 Å². The van der Waals surface area contributed by atoms with E-state index in [0.29, 0.717) is 23.8 Å². The summed E-state index contributed by atoms with van der Waals surface area (Å²) < 4.78 is 11.1. The van der Waals surface area contributed by atoms with E-state index >= 15 is 0 Å². The van der Waals surface area contributed by atoms with Crippen LogP contribution in [0.3, 0.4) is 0 Å². The van der Waals surface area contributed by atoms with Gasteiger partial charge in [0.2, 0.25) is 5.76 Å². The maximum atomic E-state index is 10.8. The number of hydrogen-bond donors (Lipinski definition) is 2. The van der Waals surface area contributed by atoms with E-state index in [0.717, 1.165) is 13.0 Å². The van der Waals surface area contributed by atoms with Crippen LogP contribution in [0.4, 0.5) is 0 Å². The van der Waals surface area contributed by atoms with Crippen LogP contribution in [-0.4, -0.2) is 29.8 Å². The molecule has 3 rings (SSSR count). The Hall–Kier alpha value is -1.33. The molecule has 5 nitrogen and oxygen atoms in total. The highest BCUT2D eigenvalue weighted by Gasteiger charge is 2.41. The topological polar surface area (TPSA) is 71.7 Å². The van der Waals surface area contributed by atoms with Gasteiger partial charge in [0.15, 0.2) is 0 Å². The largest absolute Gasteiger partial charge is 0.475 e. The van der Waals surface area contributed by atoms with Crippen LogP contribution < -0.4 is 5.32 Å². The molecule has 1 aromatic rings. The highest BCUT2D eigenvalue weighted by Crippen LogP contribution is 2.39. The van der Waals surface area contributed by atoms with Gasteiger partial charge in [-0.15, -0.1) is 0 Å². The second-order valence-electron chi connectivity index (χ2n) is 5.46. The van der Waals surface area contributed by atoms with E-state index in [1.807, 2.05) is 6.92 Å². The number of furan rings is 1. The molecule has 2 heterocycles. The minimum Gasteiger partial charge on any atom is -0.475 e. The average molecular weight is 265 g/mol. The third kappa shape index (κ3) is 2.67. The van der Waals surface area contributed by atoms with Gasteiger partial charge in [-0.05, 0) is 44.2 Å². The Morgan fingerprint density at radius 2 is 2.21 bits per heavy atom. The first-order valence-corrected chi connectivity index (χ1v) is 6.86. The molecule has 0 radical (unpaired) electrons. The van der Waals surface area contributed by atoms with Gasteiger partial charge in [0, 0.05) is 12.6 Å². The van der Waals surface area contributed by atoms with E-state index in [2.05, 4.69) is 5.32 Å². The highest BCUT2D eigenvalue weighted by molar-refractivity contribution is 5.84. The molecule has 1 saturated carbocycles. The molecule has 104 valence electrons. The summed E-state index contributed by atoms with van der Waals surface area (Å²) in [6.07, 6.45) is 3.86. The van der Waals surface area contributed by atoms with Crippen molar-refractivity contribution in [1.29, 1.82) is 0 Å². The first-order valence-electron chi connectivity index (χ1n) is 6.86. The highest BCUT2D eigenvalue weighted by atomic mass is 16.5. The molecular weight excluding hydrogens is 246 g/mol. The van der Waals surface area contributed by atoms with E-state index in [1.54, 1.807) is 6.07 Å². The summed E-state index contributed by atoms with van der Waals surface area (Å²) in [7, 11) is 0. The van der Waals surface area contributed by atoms with Crippen molar-refractivity contribution < 1.29 is 19.1 Å². The van der Waals surface area contributed by atoms with Crippen LogP contribution in [0.15, 0.2) is 16.5 Å². The van der Waals surface area contributed by atoms with E-state index in [4.69, 9.17) is 14.3 Å². The van der Waals surface area contributed by atoms with Crippen LogP contribution >= 0.6 is 0 Å². The number of carboxylic acids is 1. The summed E-state index contributed by atoms with van der Waals surface area (Å²) in [6, 6.07) is 3.57. The quantitative estimate of drug-likeness (QED) is 0.854. The normalized spacial score (nSPS) is 28.5. The fourth-order valence-electron chi connectivity index (χ4n) is 2.78. The fraction of sp³-hybridized carbons (Fsp3) is 0.643. The number of carbonyl (C=O) groups is 1.